The fraction of sp³-hybridized carbons (Fsp3) is 0.941. The largest absolute Gasteiger partial charge is 0.334 e. The van der Waals surface area contributed by atoms with Gasteiger partial charge in [0.2, 0.25) is 5.91 Å². The fourth-order valence-electron chi connectivity index (χ4n) is 3.29. The van der Waals surface area contributed by atoms with E-state index in [4.69, 9.17) is 0 Å². The summed E-state index contributed by atoms with van der Waals surface area (Å²) in [5, 5.41) is 0. The number of nitrogens with zero attached hydrogens (tertiary/aromatic N) is 2. The maximum Gasteiger partial charge on any atom is 0.225 e. The zero-order valence-corrected chi connectivity index (χ0v) is 14.2. The number of carbonyl (C=O) groups is 1. The molecule has 2 atom stereocenters. The number of unbranched alkanes of at least 4 members (excludes halogenated alkanes) is 4. The van der Waals surface area contributed by atoms with Crippen molar-refractivity contribution in [1.29, 1.82) is 0 Å². The predicted octanol–water partition coefficient (Wildman–Crippen LogP) is 3.53. The van der Waals surface area contributed by atoms with E-state index in [1.165, 1.54) is 38.6 Å². The van der Waals surface area contributed by atoms with Crippen LogP contribution in [0.25, 0.3) is 0 Å². The second-order valence-corrected chi connectivity index (χ2v) is 6.77. The minimum absolute atomic E-state index is 0.112. The summed E-state index contributed by atoms with van der Waals surface area (Å²) in [4.78, 5) is 16.9. The van der Waals surface area contributed by atoms with Crippen LogP contribution in [0.5, 0.6) is 0 Å². The molecule has 0 saturated carbocycles. The highest BCUT2D eigenvalue weighted by atomic mass is 16.2. The second-order valence-electron chi connectivity index (χ2n) is 6.77. The van der Waals surface area contributed by atoms with Gasteiger partial charge in [0.05, 0.1) is 0 Å². The highest BCUT2D eigenvalue weighted by Crippen LogP contribution is 2.19. The first-order valence-electron chi connectivity index (χ1n) is 8.51. The third-order valence-electron chi connectivity index (χ3n) is 4.32. The van der Waals surface area contributed by atoms with Crippen molar-refractivity contribution >= 4 is 5.91 Å². The summed E-state index contributed by atoms with van der Waals surface area (Å²) in [6, 6.07) is 0.702. The van der Waals surface area contributed by atoms with Gasteiger partial charge in [-0.1, -0.05) is 46.5 Å². The Morgan fingerprint density at radius 2 is 1.60 bits per heavy atom. The van der Waals surface area contributed by atoms with Crippen LogP contribution < -0.4 is 0 Å². The first kappa shape index (κ1) is 17.5. The van der Waals surface area contributed by atoms with Gasteiger partial charge in [-0.05, 0) is 26.8 Å². The van der Waals surface area contributed by atoms with Crippen LogP contribution in [0.1, 0.15) is 66.7 Å². The molecule has 1 fully saturated rings. The third-order valence-corrected chi connectivity index (χ3v) is 4.32. The molecule has 0 radical (unpaired) electrons. The summed E-state index contributed by atoms with van der Waals surface area (Å²) in [7, 11) is 0. The Kier molecular flexibility index (Phi) is 7.57. The average Bonchev–Trinajstić information content (AvgIpc) is 2.37. The molecular weight excluding hydrogens is 248 g/mol. The first-order valence-corrected chi connectivity index (χ1v) is 8.51. The van der Waals surface area contributed by atoms with Gasteiger partial charge >= 0.3 is 0 Å². The molecule has 0 aromatic carbocycles. The third kappa shape index (κ3) is 5.08. The minimum Gasteiger partial charge on any atom is -0.334 e. The maximum atomic E-state index is 12.3. The lowest BCUT2D eigenvalue weighted by Gasteiger charge is -2.45. The molecule has 3 nitrogen and oxygen atoms in total. The van der Waals surface area contributed by atoms with Gasteiger partial charge in [0.15, 0.2) is 0 Å². The summed E-state index contributed by atoms with van der Waals surface area (Å²) in [6.45, 7) is 13.9. The van der Waals surface area contributed by atoms with Crippen LogP contribution in [0.15, 0.2) is 0 Å². The monoisotopic (exact) mass is 282 g/mol. The standard InChI is InChI=1S/C17H34N2O/c1-6-7-8-9-10-11-18-12-15(4)19(16(5)13-18)17(20)14(2)3/h14-16H,6-13H2,1-5H3. The average molecular weight is 282 g/mol. The Bertz CT molecular complexity index is 279. The molecule has 1 aliphatic rings. The molecule has 0 N–H and O–H groups in total. The number of piperazine rings is 1. The van der Waals surface area contributed by atoms with Crippen molar-refractivity contribution in [2.24, 2.45) is 5.92 Å². The Balaban J connectivity index is 2.37. The Morgan fingerprint density at radius 1 is 1.05 bits per heavy atom. The molecule has 1 amide bonds. The van der Waals surface area contributed by atoms with E-state index in [1.54, 1.807) is 0 Å². The molecular formula is C17H34N2O. The zero-order chi connectivity index (χ0) is 15.1. The summed E-state index contributed by atoms with van der Waals surface area (Å²) in [5.41, 5.74) is 0. The van der Waals surface area contributed by atoms with Gasteiger partial charge in [-0.15, -0.1) is 0 Å². The van der Waals surface area contributed by atoms with Crippen molar-refractivity contribution in [1.82, 2.24) is 9.80 Å². The van der Waals surface area contributed by atoms with Crippen LogP contribution in [0, 0.1) is 5.92 Å². The van der Waals surface area contributed by atoms with Crippen molar-refractivity contribution in [2.45, 2.75) is 78.8 Å². The minimum atomic E-state index is 0.112. The van der Waals surface area contributed by atoms with E-state index in [0.29, 0.717) is 18.0 Å². The number of hydrogen-bond acceptors (Lipinski definition) is 2. The van der Waals surface area contributed by atoms with Crippen LogP contribution in [0.3, 0.4) is 0 Å². The van der Waals surface area contributed by atoms with Crippen LogP contribution >= 0.6 is 0 Å². The van der Waals surface area contributed by atoms with Gasteiger partial charge < -0.3 is 4.90 Å². The molecule has 3 heteroatoms. The van der Waals surface area contributed by atoms with Gasteiger partial charge in [-0.2, -0.15) is 0 Å². The summed E-state index contributed by atoms with van der Waals surface area (Å²) in [5.74, 6) is 0.424. The lowest BCUT2D eigenvalue weighted by atomic mass is 10.0. The van der Waals surface area contributed by atoms with E-state index in [1.807, 2.05) is 13.8 Å². The van der Waals surface area contributed by atoms with Crippen LogP contribution in [-0.4, -0.2) is 47.4 Å². The van der Waals surface area contributed by atoms with Crippen LogP contribution in [0.2, 0.25) is 0 Å². The molecule has 1 heterocycles. The topological polar surface area (TPSA) is 23.6 Å². The lowest BCUT2D eigenvalue weighted by molar-refractivity contribution is -0.142. The number of rotatable bonds is 7. The number of amides is 1. The van der Waals surface area contributed by atoms with E-state index in [-0.39, 0.29) is 5.92 Å². The van der Waals surface area contributed by atoms with Crippen LogP contribution in [-0.2, 0) is 4.79 Å². The molecule has 0 aromatic heterocycles. The van der Waals surface area contributed by atoms with E-state index >= 15 is 0 Å². The smallest absolute Gasteiger partial charge is 0.225 e. The molecule has 0 aliphatic carbocycles. The molecule has 1 aliphatic heterocycles. The van der Waals surface area contributed by atoms with Gasteiger partial charge in [0.1, 0.15) is 0 Å². The van der Waals surface area contributed by atoms with Gasteiger partial charge in [0.25, 0.3) is 0 Å². The lowest BCUT2D eigenvalue weighted by Crippen LogP contribution is -2.59. The maximum absolute atomic E-state index is 12.3. The molecule has 1 rings (SSSR count). The Hall–Kier alpha value is -0.570. The van der Waals surface area contributed by atoms with Gasteiger partial charge in [-0.3, -0.25) is 9.69 Å². The van der Waals surface area contributed by atoms with E-state index in [9.17, 15) is 4.79 Å². The summed E-state index contributed by atoms with van der Waals surface area (Å²) in [6.07, 6.45) is 6.69. The summed E-state index contributed by atoms with van der Waals surface area (Å²) < 4.78 is 0. The van der Waals surface area contributed by atoms with Gasteiger partial charge in [-0.25, -0.2) is 0 Å². The SMILES string of the molecule is CCCCCCCN1CC(C)N(C(=O)C(C)C)C(C)C1. The van der Waals surface area contributed by atoms with Crippen LogP contribution in [0.4, 0.5) is 0 Å². The predicted molar refractivity (Wildman–Crippen MR) is 85.8 cm³/mol. The van der Waals surface area contributed by atoms with Crippen molar-refractivity contribution in [3.8, 4) is 0 Å². The fourth-order valence-corrected chi connectivity index (χ4v) is 3.29. The van der Waals surface area contributed by atoms with E-state index in [0.717, 1.165) is 13.1 Å². The number of hydrogen-bond donors (Lipinski definition) is 0. The van der Waals surface area contributed by atoms with Crippen molar-refractivity contribution in [2.75, 3.05) is 19.6 Å². The van der Waals surface area contributed by atoms with Crippen molar-refractivity contribution < 1.29 is 4.79 Å². The zero-order valence-electron chi connectivity index (χ0n) is 14.2. The molecule has 1 saturated heterocycles. The normalized spacial score (nSPS) is 24.4. The highest BCUT2D eigenvalue weighted by Gasteiger charge is 2.33. The molecule has 20 heavy (non-hydrogen) atoms. The highest BCUT2D eigenvalue weighted by molar-refractivity contribution is 5.78. The molecule has 0 spiro atoms. The van der Waals surface area contributed by atoms with Gasteiger partial charge in [0, 0.05) is 31.1 Å². The Labute approximate surface area is 125 Å². The van der Waals surface area contributed by atoms with E-state index in [2.05, 4.69) is 30.6 Å². The molecule has 0 bridgehead atoms. The second kappa shape index (κ2) is 8.66. The molecule has 2 unspecified atom stereocenters. The Morgan fingerprint density at radius 3 is 2.10 bits per heavy atom. The molecule has 118 valence electrons. The first-order chi connectivity index (χ1) is 9.47. The quantitative estimate of drug-likeness (QED) is 0.667. The van der Waals surface area contributed by atoms with Crippen molar-refractivity contribution in [3.63, 3.8) is 0 Å². The summed E-state index contributed by atoms with van der Waals surface area (Å²) >= 11 is 0. The van der Waals surface area contributed by atoms with E-state index < -0.39 is 0 Å². The van der Waals surface area contributed by atoms with Crippen molar-refractivity contribution in [3.05, 3.63) is 0 Å². The molecule has 0 aromatic rings. The number of carbonyl (C=O) groups excluding carboxylic acids is 1.